The van der Waals surface area contributed by atoms with Crippen LogP contribution in [0.1, 0.15) is 51.1 Å². The highest BCUT2D eigenvalue weighted by molar-refractivity contribution is 5.28. The van der Waals surface area contributed by atoms with Crippen LogP contribution in [0.15, 0.2) is 18.2 Å². The van der Waals surface area contributed by atoms with Gasteiger partial charge in [-0.25, -0.2) is 8.78 Å². The molecule has 0 saturated heterocycles. The Balaban J connectivity index is 2.51. The third-order valence-electron chi connectivity index (χ3n) is 4.98. The summed E-state index contributed by atoms with van der Waals surface area (Å²) >= 11 is 0. The molecule has 1 N–H and O–H groups in total. The third-order valence-corrected chi connectivity index (χ3v) is 4.98. The molecule has 1 unspecified atom stereocenters. The second kappa shape index (κ2) is 6.84. The zero-order valence-electron chi connectivity index (χ0n) is 13.3. The highest BCUT2D eigenvalue weighted by atomic mass is 19.1. The Kier molecular flexibility index (Phi) is 5.33. The van der Waals surface area contributed by atoms with Crippen molar-refractivity contribution in [3.63, 3.8) is 0 Å². The van der Waals surface area contributed by atoms with E-state index in [4.69, 9.17) is 0 Å². The fourth-order valence-electron chi connectivity index (χ4n) is 4.10. The molecule has 0 amide bonds. The van der Waals surface area contributed by atoms with Gasteiger partial charge in [-0.15, -0.1) is 0 Å². The molecule has 1 aromatic rings. The summed E-state index contributed by atoms with van der Waals surface area (Å²) in [5.41, 5.74) is -0.00447. The minimum absolute atomic E-state index is 0.189. The van der Waals surface area contributed by atoms with E-state index in [0.717, 1.165) is 38.8 Å². The average Bonchev–Trinajstić information content (AvgIpc) is 2.94. The number of hydrogen-bond donors (Lipinski definition) is 1. The molecule has 1 saturated carbocycles. The molecular formula is C17H26F2N2. The second-order valence-corrected chi connectivity index (χ2v) is 5.84. The van der Waals surface area contributed by atoms with Crippen LogP contribution in [-0.2, 0) is 0 Å². The molecule has 21 heavy (non-hydrogen) atoms. The van der Waals surface area contributed by atoms with Crippen molar-refractivity contribution < 1.29 is 8.78 Å². The first-order valence-electron chi connectivity index (χ1n) is 7.97. The van der Waals surface area contributed by atoms with Crippen LogP contribution in [0.2, 0.25) is 0 Å². The fraction of sp³-hybridized carbons (Fsp3) is 0.647. The van der Waals surface area contributed by atoms with Gasteiger partial charge in [-0.05, 0) is 45.1 Å². The Labute approximate surface area is 126 Å². The predicted molar refractivity (Wildman–Crippen MR) is 82.3 cm³/mol. The summed E-state index contributed by atoms with van der Waals surface area (Å²) < 4.78 is 28.6. The summed E-state index contributed by atoms with van der Waals surface area (Å²) in [7, 11) is 1.81. The Morgan fingerprint density at radius 2 is 1.67 bits per heavy atom. The van der Waals surface area contributed by atoms with Crippen molar-refractivity contribution in [2.75, 3.05) is 20.1 Å². The van der Waals surface area contributed by atoms with Crippen LogP contribution in [-0.4, -0.2) is 30.6 Å². The van der Waals surface area contributed by atoms with Crippen molar-refractivity contribution in [2.24, 2.45) is 0 Å². The molecule has 1 aliphatic carbocycles. The molecule has 1 aromatic carbocycles. The lowest BCUT2D eigenvalue weighted by Gasteiger charge is -2.46. The summed E-state index contributed by atoms with van der Waals surface area (Å²) in [5.74, 6) is -0.902. The van der Waals surface area contributed by atoms with Crippen LogP contribution in [0.25, 0.3) is 0 Å². The minimum Gasteiger partial charge on any atom is -0.311 e. The molecule has 0 heterocycles. The van der Waals surface area contributed by atoms with E-state index in [2.05, 4.69) is 24.1 Å². The van der Waals surface area contributed by atoms with Crippen LogP contribution in [0, 0.1) is 11.6 Å². The monoisotopic (exact) mass is 296 g/mol. The van der Waals surface area contributed by atoms with Gasteiger partial charge < -0.3 is 5.32 Å². The molecular weight excluding hydrogens is 270 g/mol. The largest absolute Gasteiger partial charge is 0.311 e. The van der Waals surface area contributed by atoms with Crippen LogP contribution in [0.3, 0.4) is 0 Å². The summed E-state index contributed by atoms with van der Waals surface area (Å²) in [6, 6.07) is 3.82. The van der Waals surface area contributed by atoms with Crippen LogP contribution < -0.4 is 5.32 Å². The zero-order valence-corrected chi connectivity index (χ0v) is 13.3. The highest BCUT2D eigenvalue weighted by Crippen LogP contribution is 2.45. The van der Waals surface area contributed by atoms with Gasteiger partial charge in [0, 0.05) is 11.1 Å². The van der Waals surface area contributed by atoms with E-state index in [0.29, 0.717) is 0 Å². The lowest BCUT2D eigenvalue weighted by Crippen LogP contribution is -2.54. The SMILES string of the molecule is CCN(CC)C1(C(NC)c2c(F)cccc2F)CCCC1. The Bertz CT molecular complexity index is 446. The van der Waals surface area contributed by atoms with E-state index in [9.17, 15) is 8.78 Å². The Morgan fingerprint density at radius 1 is 1.14 bits per heavy atom. The number of benzene rings is 1. The molecule has 118 valence electrons. The van der Waals surface area contributed by atoms with Crippen LogP contribution in [0.4, 0.5) is 8.78 Å². The van der Waals surface area contributed by atoms with Gasteiger partial charge in [-0.1, -0.05) is 32.8 Å². The van der Waals surface area contributed by atoms with Gasteiger partial charge >= 0.3 is 0 Å². The molecule has 0 aliphatic heterocycles. The number of nitrogens with one attached hydrogen (secondary N) is 1. The minimum atomic E-state index is -0.451. The van der Waals surface area contributed by atoms with E-state index in [1.165, 1.54) is 18.2 Å². The van der Waals surface area contributed by atoms with Gasteiger partial charge in [0.25, 0.3) is 0 Å². The third kappa shape index (κ3) is 2.84. The second-order valence-electron chi connectivity index (χ2n) is 5.84. The van der Waals surface area contributed by atoms with Crippen molar-refractivity contribution in [1.29, 1.82) is 0 Å². The zero-order chi connectivity index (χ0) is 15.5. The molecule has 0 radical (unpaired) electrons. The molecule has 2 rings (SSSR count). The maximum absolute atomic E-state index is 14.3. The standard InChI is InChI=1S/C17H26F2N2/c1-4-21(5-2)17(11-6-7-12-17)16(20-3)15-13(18)9-8-10-14(15)19/h8-10,16,20H,4-7,11-12H2,1-3H3. The normalized spacial score (nSPS) is 19.1. The Hall–Kier alpha value is -1.00. The van der Waals surface area contributed by atoms with Crippen LogP contribution in [0.5, 0.6) is 0 Å². The number of nitrogens with zero attached hydrogens (tertiary/aromatic N) is 1. The number of hydrogen-bond acceptors (Lipinski definition) is 2. The molecule has 0 spiro atoms. The molecule has 0 bridgehead atoms. The number of halogens is 2. The van der Waals surface area contributed by atoms with Gasteiger partial charge in [0.05, 0.1) is 6.04 Å². The van der Waals surface area contributed by atoms with E-state index in [-0.39, 0.29) is 17.1 Å². The van der Waals surface area contributed by atoms with E-state index in [1.807, 2.05) is 0 Å². The van der Waals surface area contributed by atoms with Crippen molar-refractivity contribution >= 4 is 0 Å². The molecule has 2 nitrogen and oxygen atoms in total. The Morgan fingerprint density at radius 3 is 2.10 bits per heavy atom. The summed E-state index contributed by atoms with van der Waals surface area (Å²) in [6.07, 6.45) is 4.19. The molecule has 1 atom stereocenters. The smallest absolute Gasteiger partial charge is 0.130 e. The van der Waals surface area contributed by atoms with Gasteiger partial charge in [0.1, 0.15) is 11.6 Å². The summed E-state index contributed by atoms with van der Waals surface area (Å²) in [4.78, 5) is 2.37. The summed E-state index contributed by atoms with van der Waals surface area (Å²) in [5, 5.41) is 3.21. The quantitative estimate of drug-likeness (QED) is 0.857. The highest BCUT2D eigenvalue weighted by Gasteiger charge is 2.46. The first-order chi connectivity index (χ1) is 10.1. The number of rotatable bonds is 6. The van der Waals surface area contributed by atoms with Crippen molar-refractivity contribution in [3.05, 3.63) is 35.4 Å². The lowest BCUT2D eigenvalue weighted by atomic mass is 9.81. The maximum atomic E-state index is 14.3. The van der Waals surface area contributed by atoms with Gasteiger partial charge in [-0.2, -0.15) is 0 Å². The van der Waals surface area contributed by atoms with Gasteiger partial charge in [0.15, 0.2) is 0 Å². The topological polar surface area (TPSA) is 15.3 Å². The van der Waals surface area contributed by atoms with Crippen molar-refractivity contribution in [3.8, 4) is 0 Å². The number of likely N-dealkylation sites (N-methyl/N-ethyl adjacent to an activating group) is 2. The van der Waals surface area contributed by atoms with E-state index >= 15 is 0 Å². The summed E-state index contributed by atoms with van der Waals surface area (Å²) in [6.45, 7) is 6.03. The van der Waals surface area contributed by atoms with E-state index < -0.39 is 11.6 Å². The molecule has 4 heteroatoms. The van der Waals surface area contributed by atoms with Crippen LogP contribution >= 0.6 is 0 Å². The van der Waals surface area contributed by atoms with Crippen molar-refractivity contribution in [2.45, 2.75) is 51.1 Å². The van der Waals surface area contributed by atoms with Crippen molar-refractivity contribution in [1.82, 2.24) is 10.2 Å². The first-order valence-corrected chi connectivity index (χ1v) is 7.97. The molecule has 0 aromatic heterocycles. The average molecular weight is 296 g/mol. The van der Waals surface area contributed by atoms with E-state index in [1.54, 1.807) is 7.05 Å². The first kappa shape index (κ1) is 16.4. The predicted octanol–water partition coefficient (Wildman–Crippen LogP) is 3.88. The fourth-order valence-corrected chi connectivity index (χ4v) is 4.10. The van der Waals surface area contributed by atoms with Gasteiger partial charge in [-0.3, -0.25) is 4.90 Å². The molecule has 1 aliphatic rings. The lowest BCUT2D eigenvalue weighted by molar-refractivity contribution is 0.0627. The maximum Gasteiger partial charge on any atom is 0.130 e. The molecule has 1 fully saturated rings. The van der Waals surface area contributed by atoms with Gasteiger partial charge in [0.2, 0.25) is 0 Å².